The van der Waals surface area contributed by atoms with Gasteiger partial charge in [0, 0.05) is 7.05 Å². The zero-order valence-corrected chi connectivity index (χ0v) is 14.7. The van der Waals surface area contributed by atoms with Gasteiger partial charge in [0.15, 0.2) is 0 Å². The standard InChI is InChI=1S/C18H21N3O2S/c1-14-19-17-13-16(10-11-18(17)21(14)2)20-24(22,23)12-6-9-15-7-4-3-5-8-15/h3-5,7-8,10-11,13,20H,6,9,12H2,1-2H3. The third kappa shape index (κ3) is 3.76. The fourth-order valence-corrected chi connectivity index (χ4v) is 3.84. The van der Waals surface area contributed by atoms with Gasteiger partial charge in [0.05, 0.1) is 22.5 Å². The molecular formula is C18H21N3O2S. The molecule has 0 aliphatic carbocycles. The number of anilines is 1. The first kappa shape index (κ1) is 16.5. The van der Waals surface area contributed by atoms with Crippen LogP contribution in [0, 0.1) is 6.92 Å². The van der Waals surface area contributed by atoms with E-state index in [0.717, 1.165) is 28.8 Å². The Morgan fingerprint density at radius 3 is 2.62 bits per heavy atom. The second-order valence-corrected chi connectivity index (χ2v) is 7.77. The highest BCUT2D eigenvalue weighted by Gasteiger charge is 2.12. The van der Waals surface area contributed by atoms with Crippen molar-refractivity contribution in [2.45, 2.75) is 19.8 Å². The van der Waals surface area contributed by atoms with Crippen molar-refractivity contribution in [3.05, 3.63) is 59.9 Å². The number of benzene rings is 2. The summed E-state index contributed by atoms with van der Waals surface area (Å²) in [5.74, 6) is 0.995. The van der Waals surface area contributed by atoms with Gasteiger partial charge in [-0.25, -0.2) is 13.4 Å². The van der Waals surface area contributed by atoms with Crippen molar-refractivity contribution in [2.75, 3.05) is 10.5 Å². The van der Waals surface area contributed by atoms with Crippen LogP contribution in [0.3, 0.4) is 0 Å². The van der Waals surface area contributed by atoms with Crippen molar-refractivity contribution in [1.29, 1.82) is 0 Å². The number of sulfonamides is 1. The minimum Gasteiger partial charge on any atom is -0.331 e. The number of aromatic nitrogens is 2. The van der Waals surface area contributed by atoms with Crippen molar-refractivity contribution < 1.29 is 8.42 Å². The van der Waals surface area contributed by atoms with Crippen molar-refractivity contribution in [3.63, 3.8) is 0 Å². The first-order valence-corrected chi connectivity index (χ1v) is 9.57. The summed E-state index contributed by atoms with van der Waals surface area (Å²) in [6.45, 7) is 1.92. The lowest BCUT2D eigenvalue weighted by Gasteiger charge is -2.08. The number of nitrogens with zero attached hydrogens (tertiary/aromatic N) is 2. The van der Waals surface area contributed by atoms with E-state index >= 15 is 0 Å². The molecule has 0 radical (unpaired) electrons. The lowest BCUT2D eigenvalue weighted by molar-refractivity contribution is 0.598. The van der Waals surface area contributed by atoms with Gasteiger partial charge in [-0.3, -0.25) is 4.72 Å². The topological polar surface area (TPSA) is 64.0 Å². The highest BCUT2D eigenvalue weighted by atomic mass is 32.2. The molecule has 1 N–H and O–H groups in total. The molecule has 5 nitrogen and oxygen atoms in total. The van der Waals surface area contributed by atoms with E-state index in [1.807, 2.05) is 54.9 Å². The number of aryl methyl sites for hydroxylation is 3. The van der Waals surface area contributed by atoms with Gasteiger partial charge in [-0.2, -0.15) is 0 Å². The van der Waals surface area contributed by atoms with Crippen LogP contribution < -0.4 is 4.72 Å². The number of rotatable bonds is 6. The maximum atomic E-state index is 12.3. The summed E-state index contributed by atoms with van der Waals surface area (Å²) in [6.07, 6.45) is 1.34. The first-order valence-electron chi connectivity index (χ1n) is 7.92. The predicted molar refractivity (Wildman–Crippen MR) is 97.6 cm³/mol. The minimum absolute atomic E-state index is 0.0984. The van der Waals surface area contributed by atoms with E-state index in [9.17, 15) is 8.42 Å². The van der Waals surface area contributed by atoms with Gasteiger partial charge in [-0.05, 0) is 43.5 Å². The number of hydrogen-bond donors (Lipinski definition) is 1. The van der Waals surface area contributed by atoms with Crippen LogP contribution in [0.5, 0.6) is 0 Å². The van der Waals surface area contributed by atoms with Crippen LogP contribution in [0.25, 0.3) is 11.0 Å². The maximum absolute atomic E-state index is 12.3. The molecule has 0 saturated heterocycles. The lowest BCUT2D eigenvalue weighted by Crippen LogP contribution is -2.17. The number of fused-ring (bicyclic) bond motifs is 1. The molecule has 2 aromatic carbocycles. The lowest BCUT2D eigenvalue weighted by atomic mass is 10.1. The zero-order valence-electron chi connectivity index (χ0n) is 13.9. The summed E-state index contributed by atoms with van der Waals surface area (Å²) >= 11 is 0. The van der Waals surface area contributed by atoms with E-state index in [0.29, 0.717) is 12.1 Å². The first-order chi connectivity index (χ1) is 11.4. The van der Waals surface area contributed by atoms with Crippen molar-refractivity contribution in [1.82, 2.24) is 9.55 Å². The fourth-order valence-electron chi connectivity index (χ4n) is 2.73. The van der Waals surface area contributed by atoms with Crippen LogP contribution in [0.4, 0.5) is 5.69 Å². The van der Waals surface area contributed by atoms with Gasteiger partial charge in [0.1, 0.15) is 5.82 Å². The Labute approximate surface area is 142 Å². The van der Waals surface area contributed by atoms with Crippen LogP contribution in [0.15, 0.2) is 48.5 Å². The summed E-state index contributed by atoms with van der Waals surface area (Å²) in [5.41, 5.74) is 3.48. The molecule has 0 fully saturated rings. The molecule has 1 heterocycles. The van der Waals surface area contributed by atoms with E-state index in [-0.39, 0.29) is 5.75 Å². The molecule has 0 saturated carbocycles. The van der Waals surface area contributed by atoms with Gasteiger partial charge in [-0.1, -0.05) is 30.3 Å². The molecule has 3 rings (SSSR count). The van der Waals surface area contributed by atoms with Crippen molar-refractivity contribution in [2.24, 2.45) is 7.05 Å². The number of hydrogen-bond acceptors (Lipinski definition) is 3. The molecule has 0 aliphatic rings. The molecule has 0 amide bonds. The summed E-state index contributed by atoms with van der Waals surface area (Å²) in [5, 5.41) is 0. The molecule has 0 aliphatic heterocycles. The van der Waals surface area contributed by atoms with Gasteiger partial charge >= 0.3 is 0 Å². The SMILES string of the molecule is Cc1nc2cc(NS(=O)(=O)CCCc3ccccc3)ccc2n1C. The molecule has 6 heteroatoms. The largest absolute Gasteiger partial charge is 0.331 e. The van der Waals surface area contributed by atoms with Crippen LogP contribution in [-0.2, 0) is 23.5 Å². The Morgan fingerprint density at radius 2 is 1.88 bits per heavy atom. The minimum atomic E-state index is -3.36. The van der Waals surface area contributed by atoms with Crippen molar-refractivity contribution >= 4 is 26.7 Å². The third-order valence-electron chi connectivity index (χ3n) is 4.10. The van der Waals surface area contributed by atoms with Gasteiger partial charge in [0.2, 0.25) is 10.0 Å². The van der Waals surface area contributed by atoms with Crippen molar-refractivity contribution in [3.8, 4) is 0 Å². The van der Waals surface area contributed by atoms with Crippen LogP contribution >= 0.6 is 0 Å². The molecule has 0 bridgehead atoms. The predicted octanol–water partition coefficient (Wildman–Crippen LogP) is 3.26. The third-order valence-corrected chi connectivity index (χ3v) is 5.47. The summed E-state index contributed by atoms with van der Waals surface area (Å²) in [7, 11) is -1.42. The second-order valence-electron chi connectivity index (χ2n) is 5.93. The molecule has 3 aromatic rings. The Bertz CT molecular complexity index is 947. The molecule has 126 valence electrons. The Kier molecular flexibility index (Phi) is 4.57. The van der Waals surface area contributed by atoms with Gasteiger partial charge in [-0.15, -0.1) is 0 Å². The van der Waals surface area contributed by atoms with Gasteiger partial charge < -0.3 is 4.57 Å². The van der Waals surface area contributed by atoms with Crippen LogP contribution in [0.1, 0.15) is 17.8 Å². The molecule has 24 heavy (non-hydrogen) atoms. The average molecular weight is 343 g/mol. The van der Waals surface area contributed by atoms with Gasteiger partial charge in [0.25, 0.3) is 0 Å². The van der Waals surface area contributed by atoms with E-state index < -0.39 is 10.0 Å². The second kappa shape index (κ2) is 6.65. The van der Waals surface area contributed by atoms with E-state index in [1.54, 1.807) is 12.1 Å². The molecule has 1 aromatic heterocycles. The Balaban J connectivity index is 1.65. The average Bonchev–Trinajstić information content (AvgIpc) is 2.82. The quantitative estimate of drug-likeness (QED) is 0.747. The van der Waals surface area contributed by atoms with E-state index in [2.05, 4.69) is 9.71 Å². The summed E-state index contributed by atoms with van der Waals surface area (Å²) in [4.78, 5) is 4.43. The van der Waals surface area contributed by atoms with E-state index in [1.165, 1.54) is 0 Å². The Hall–Kier alpha value is -2.34. The molecule has 0 spiro atoms. The van der Waals surface area contributed by atoms with Crippen LogP contribution in [-0.4, -0.2) is 23.7 Å². The molecule has 0 atom stereocenters. The molecule has 0 unspecified atom stereocenters. The number of imidazole rings is 1. The molecular weight excluding hydrogens is 322 g/mol. The fraction of sp³-hybridized carbons (Fsp3) is 0.278. The normalized spacial score (nSPS) is 11.8. The Morgan fingerprint density at radius 1 is 1.12 bits per heavy atom. The van der Waals surface area contributed by atoms with E-state index in [4.69, 9.17) is 0 Å². The number of nitrogens with one attached hydrogen (secondary N) is 1. The zero-order chi connectivity index (χ0) is 17.2. The summed E-state index contributed by atoms with van der Waals surface area (Å²) in [6, 6.07) is 15.3. The highest BCUT2D eigenvalue weighted by molar-refractivity contribution is 7.92. The van der Waals surface area contributed by atoms with Crippen LogP contribution in [0.2, 0.25) is 0 Å². The smallest absolute Gasteiger partial charge is 0.232 e. The maximum Gasteiger partial charge on any atom is 0.232 e. The monoisotopic (exact) mass is 343 g/mol. The highest BCUT2D eigenvalue weighted by Crippen LogP contribution is 2.20. The summed E-state index contributed by atoms with van der Waals surface area (Å²) < 4.78 is 29.2.